The third-order valence-electron chi connectivity index (χ3n) is 14.6. The van der Waals surface area contributed by atoms with Crippen LogP contribution in [0.15, 0.2) is 237 Å². The van der Waals surface area contributed by atoms with E-state index in [0.717, 1.165) is 27.5 Å². The number of nitrogens with zero attached hydrogens (tertiary/aromatic N) is 3. The van der Waals surface area contributed by atoms with E-state index in [0.29, 0.717) is 17.5 Å². The van der Waals surface area contributed by atoms with Crippen molar-refractivity contribution in [2.45, 2.75) is 10.8 Å². The van der Waals surface area contributed by atoms with Crippen LogP contribution in [-0.4, -0.2) is 15.0 Å². The highest BCUT2D eigenvalue weighted by atomic mass is 15.0. The molecule has 0 saturated heterocycles. The Hall–Kier alpha value is -8.53. The summed E-state index contributed by atoms with van der Waals surface area (Å²) in [5, 5.41) is 2.22. The van der Waals surface area contributed by atoms with Gasteiger partial charge in [0.2, 0.25) is 0 Å². The maximum Gasteiger partial charge on any atom is 0.164 e. The smallest absolute Gasteiger partial charge is 0.164 e. The normalized spacial score (nSPS) is 14.0. The van der Waals surface area contributed by atoms with Gasteiger partial charge in [-0.25, -0.2) is 15.0 Å². The van der Waals surface area contributed by atoms with Gasteiger partial charge < -0.3 is 0 Å². The highest BCUT2D eigenvalue weighted by molar-refractivity contribution is 6.02. The van der Waals surface area contributed by atoms with Gasteiger partial charge in [-0.15, -0.1) is 0 Å². The summed E-state index contributed by atoms with van der Waals surface area (Å²) < 4.78 is 0. The van der Waals surface area contributed by atoms with E-state index in [2.05, 4.69) is 200 Å². The molecule has 1 heterocycles. The van der Waals surface area contributed by atoms with Gasteiger partial charge in [-0.3, -0.25) is 0 Å². The maximum atomic E-state index is 5.12. The number of benzene rings is 10. The van der Waals surface area contributed by atoms with Crippen LogP contribution in [0.25, 0.3) is 78.3 Å². The van der Waals surface area contributed by atoms with E-state index in [4.69, 9.17) is 15.0 Å². The summed E-state index contributed by atoms with van der Waals surface area (Å²) in [6.07, 6.45) is 0. The fraction of sp³-hybridized carbons (Fsp3) is 0.0317. The van der Waals surface area contributed by atoms with Crippen LogP contribution in [0.3, 0.4) is 0 Å². The standard InChI is InChI=1S/C63H39N3/c1-3-19-40(20-4-1)59-64-60(41-21-5-2-6-22-41)66-61(65-59)48-28-17-23-42-39-43(37-38-44(42)48)45-27-18-36-57-58(45)49-26-9-12-31-52(49)63(57)55-34-15-13-32-53(55)62(54-33-14-16-35-56(54)63)50-29-10-7-24-46(50)47-25-8-11-30-51(47)62/h1-39H. The van der Waals surface area contributed by atoms with Gasteiger partial charge in [0, 0.05) is 16.7 Å². The molecule has 3 heteroatoms. The summed E-state index contributed by atoms with van der Waals surface area (Å²) in [6, 6.07) is 86.7. The zero-order valence-corrected chi connectivity index (χ0v) is 35.9. The van der Waals surface area contributed by atoms with Crippen molar-refractivity contribution in [3.63, 3.8) is 0 Å². The van der Waals surface area contributed by atoms with Crippen LogP contribution in [-0.2, 0) is 10.8 Å². The van der Waals surface area contributed by atoms with Crippen LogP contribution in [0.5, 0.6) is 0 Å². The Kier molecular flexibility index (Phi) is 7.82. The van der Waals surface area contributed by atoms with Gasteiger partial charge in [-0.1, -0.05) is 231 Å². The van der Waals surface area contributed by atoms with Gasteiger partial charge >= 0.3 is 0 Å². The number of hydrogen-bond donors (Lipinski definition) is 0. The van der Waals surface area contributed by atoms with Gasteiger partial charge in [-0.2, -0.15) is 0 Å². The van der Waals surface area contributed by atoms with Crippen molar-refractivity contribution in [3.05, 3.63) is 281 Å². The molecule has 306 valence electrons. The van der Waals surface area contributed by atoms with E-state index in [9.17, 15) is 0 Å². The summed E-state index contributed by atoms with van der Waals surface area (Å²) >= 11 is 0. The van der Waals surface area contributed by atoms with E-state index in [-0.39, 0.29) is 0 Å². The van der Waals surface area contributed by atoms with Crippen LogP contribution < -0.4 is 0 Å². The van der Waals surface area contributed by atoms with Crippen molar-refractivity contribution in [1.82, 2.24) is 15.0 Å². The number of rotatable bonds is 4. The molecule has 10 aromatic carbocycles. The fourth-order valence-corrected chi connectivity index (χ4v) is 12.1. The second-order valence-corrected chi connectivity index (χ2v) is 17.7. The molecule has 0 bridgehead atoms. The topological polar surface area (TPSA) is 38.7 Å². The summed E-state index contributed by atoms with van der Waals surface area (Å²) in [4.78, 5) is 15.2. The number of aromatic nitrogens is 3. The summed E-state index contributed by atoms with van der Waals surface area (Å²) in [5.74, 6) is 1.95. The summed E-state index contributed by atoms with van der Waals surface area (Å²) in [5.41, 5.74) is 20.1. The Labute approximate surface area is 383 Å². The van der Waals surface area contributed by atoms with E-state index in [1.807, 2.05) is 36.4 Å². The average Bonchev–Trinajstić information content (AvgIpc) is 3.86. The first-order chi connectivity index (χ1) is 32.7. The van der Waals surface area contributed by atoms with E-state index in [1.54, 1.807) is 0 Å². The van der Waals surface area contributed by atoms with E-state index in [1.165, 1.54) is 77.9 Å². The average molecular weight is 838 g/mol. The molecular weight excluding hydrogens is 799 g/mol. The molecule has 2 spiro atoms. The minimum atomic E-state index is -0.553. The Morgan fingerprint density at radius 2 is 0.636 bits per heavy atom. The number of fused-ring (bicyclic) bond motifs is 17. The Bertz CT molecular complexity index is 3620. The Morgan fingerprint density at radius 1 is 0.242 bits per heavy atom. The van der Waals surface area contributed by atoms with E-state index < -0.39 is 10.8 Å². The molecule has 3 aliphatic rings. The first-order valence-corrected chi connectivity index (χ1v) is 22.8. The SMILES string of the molecule is c1ccc(-c2nc(-c3ccccc3)nc(-c3cccc4cc(-c5cccc6c5-c5ccccc5C65c6ccccc6C6(c7ccccc7-c7ccccc76)c6ccccc65)ccc34)n2)cc1. The van der Waals surface area contributed by atoms with Crippen molar-refractivity contribution in [1.29, 1.82) is 0 Å². The van der Waals surface area contributed by atoms with Crippen molar-refractivity contribution in [3.8, 4) is 67.5 Å². The minimum Gasteiger partial charge on any atom is -0.208 e. The molecule has 66 heavy (non-hydrogen) atoms. The maximum absolute atomic E-state index is 5.12. The zero-order chi connectivity index (χ0) is 43.4. The molecule has 0 amide bonds. The van der Waals surface area contributed by atoms with E-state index >= 15 is 0 Å². The second-order valence-electron chi connectivity index (χ2n) is 17.7. The second kappa shape index (κ2) is 14.0. The lowest BCUT2D eigenvalue weighted by atomic mass is 9.52. The highest BCUT2D eigenvalue weighted by Gasteiger charge is 2.59. The predicted octanol–water partition coefficient (Wildman–Crippen LogP) is 14.7. The predicted molar refractivity (Wildman–Crippen MR) is 267 cm³/mol. The first kappa shape index (κ1) is 36.9. The van der Waals surface area contributed by atoms with Crippen LogP contribution in [0.4, 0.5) is 0 Å². The Balaban J connectivity index is 0.982. The lowest BCUT2D eigenvalue weighted by Gasteiger charge is -2.48. The van der Waals surface area contributed by atoms with Crippen LogP contribution in [0, 0.1) is 0 Å². The minimum absolute atomic E-state index is 0.473. The van der Waals surface area contributed by atoms with Gasteiger partial charge in [0.1, 0.15) is 0 Å². The molecule has 0 atom stereocenters. The van der Waals surface area contributed by atoms with Crippen LogP contribution in [0.2, 0.25) is 0 Å². The molecule has 3 nitrogen and oxygen atoms in total. The lowest BCUT2D eigenvalue weighted by Crippen LogP contribution is -2.43. The molecule has 0 fully saturated rings. The molecule has 3 aliphatic carbocycles. The Morgan fingerprint density at radius 3 is 1.20 bits per heavy atom. The number of hydrogen-bond acceptors (Lipinski definition) is 3. The highest BCUT2D eigenvalue weighted by Crippen LogP contribution is 2.68. The van der Waals surface area contributed by atoms with Crippen molar-refractivity contribution in [2.75, 3.05) is 0 Å². The van der Waals surface area contributed by atoms with Gasteiger partial charge in [-0.05, 0) is 94.7 Å². The summed E-state index contributed by atoms with van der Waals surface area (Å²) in [6.45, 7) is 0. The lowest BCUT2D eigenvalue weighted by molar-refractivity contribution is 0.633. The molecule has 1 aromatic heterocycles. The van der Waals surface area contributed by atoms with Crippen LogP contribution >= 0.6 is 0 Å². The largest absolute Gasteiger partial charge is 0.208 e. The first-order valence-electron chi connectivity index (χ1n) is 22.8. The molecule has 0 saturated carbocycles. The van der Waals surface area contributed by atoms with Gasteiger partial charge in [0.15, 0.2) is 17.5 Å². The van der Waals surface area contributed by atoms with Crippen LogP contribution in [0.1, 0.15) is 44.5 Å². The molecule has 14 rings (SSSR count). The van der Waals surface area contributed by atoms with Crippen molar-refractivity contribution < 1.29 is 0 Å². The molecule has 0 unspecified atom stereocenters. The fourth-order valence-electron chi connectivity index (χ4n) is 12.1. The molecule has 11 aromatic rings. The van der Waals surface area contributed by atoms with Crippen molar-refractivity contribution >= 4 is 10.8 Å². The third-order valence-corrected chi connectivity index (χ3v) is 14.6. The third kappa shape index (κ3) is 4.89. The zero-order valence-electron chi connectivity index (χ0n) is 35.9. The van der Waals surface area contributed by atoms with Gasteiger partial charge in [0.05, 0.1) is 10.8 Å². The molecule has 0 N–H and O–H groups in total. The van der Waals surface area contributed by atoms with Crippen molar-refractivity contribution in [2.24, 2.45) is 0 Å². The summed E-state index contributed by atoms with van der Waals surface area (Å²) in [7, 11) is 0. The van der Waals surface area contributed by atoms with Gasteiger partial charge in [0.25, 0.3) is 0 Å². The monoisotopic (exact) mass is 837 g/mol. The quantitative estimate of drug-likeness (QED) is 0.177. The molecule has 0 radical (unpaired) electrons. The molecular formula is C63H39N3. The molecule has 0 aliphatic heterocycles.